The van der Waals surface area contributed by atoms with E-state index in [1.54, 1.807) is 0 Å². The van der Waals surface area contributed by atoms with Gasteiger partial charge in [-0.15, -0.1) is 0 Å². The van der Waals surface area contributed by atoms with Crippen LogP contribution in [0.5, 0.6) is 0 Å². The van der Waals surface area contributed by atoms with E-state index in [4.69, 9.17) is 5.84 Å². The monoisotopic (exact) mass is 210 g/mol. The molecule has 0 aliphatic heterocycles. The zero-order valence-electron chi connectivity index (χ0n) is 9.88. The minimum atomic E-state index is 0.596. The molecule has 88 valence electrons. The van der Waals surface area contributed by atoms with Gasteiger partial charge in [0.05, 0.1) is 0 Å². The predicted octanol–water partition coefficient (Wildman–Crippen LogP) is 2.98. The van der Waals surface area contributed by atoms with Crippen LogP contribution >= 0.6 is 0 Å². The second kappa shape index (κ2) is 5.86. The number of hydrazine groups is 1. The van der Waals surface area contributed by atoms with E-state index < -0.39 is 0 Å². The molecule has 0 aromatic carbocycles. The van der Waals surface area contributed by atoms with Gasteiger partial charge in [0.2, 0.25) is 0 Å². The van der Waals surface area contributed by atoms with E-state index in [1.807, 2.05) is 0 Å². The molecule has 2 heteroatoms. The Morgan fingerprint density at radius 3 is 1.80 bits per heavy atom. The molecule has 0 heterocycles. The van der Waals surface area contributed by atoms with Crippen LogP contribution in [0.3, 0.4) is 0 Å². The standard InChI is InChI=1S/C13H26N2/c14-15-13(10-12-7-4-8-12)9-11-5-2-1-3-6-11/h11-13,15H,1-10,14H2. The number of nitrogens with one attached hydrogen (secondary N) is 1. The van der Waals surface area contributed by atoms with Gasteiger partial charge in [-0.2, -0.15) is 0 Å². The molecule has 0 radical (unpaired) electrons. The normalized spacial score (nSPS) is 26.2. The van der Waals surface area contributed by atoms with Crippen LogP contribution in [-0.2, 0) is 0 Å². The highest BCUT2D eigenvalue weighted by Crippen LogP contribution is 2.33. The second-order valence-corrected chi connectivity index (χ2v) is 5.64. The molecule has 15 heavy (non-hydrogen) atoms. The predicted molar refractivity (Wildman–Crippen MR) is 64.3 cm³/mol. The fraction of sp³-hybridized carbons (Fsp3) is 1.00. The molecule has 2 fully saturated rings. The van der Waals surface area contributed by atoms with E-state index in [0.29, 0.717) is 6.04 Å². The Balaban J connectivity index is 1.68. The van der Waals surface area contributed by atoms with Gasteiger partial charge in [-0.3, -0.25) is 11.3 Å². The molecule has 0 aromatic heterocycles. The smallest absolute Gasteiger partial charge is 0.0215 e. The Kier molecular flexibility index (Phi) is 4.45. The Labute approximate surface area is 94.0 Å². The molecule has 0 bridgehead atoms. The summed E-state index contributed by atoms with van der Waals surface area (Å²) in [6.45, 7) is 0. The Bertz CT molecular complexity index is 171. The molecule has 0 amide bonds. The third kappa shape index (κ3) is 3.46. The van der Waals surface area contributed by atoms with Crippen molar-refractivity contribution >= 4 is 0 Å². The van der Waals surface area contributed by atoms with Crippen molar-refractivity contribution in [2.24, 2.45) is 17.7 Å². The molecule has 2 aliphatic carbocycles. The summed E-state index contributed by atoms with van der Waals surface area (Å²) in [4.78, 5) is 0. The van der Waals surface area contributed by atoms with Gasteiger partial charge >= 0.3 is 0 Å². The summed E-state index contributed by atoms with van der Waals surface area (Å²) in [5, 5.41) is 0. The molecule has 2 saturated carbocycles. The lowest BCUT2D eigenvalue weighted by molar-refractivity contribution is 0.224. The molecule has 0 spiro atoms. The summed E-state index contributed by atoms with van der Waals surface area (Å²) in [5.41, 5.74) is 3.05. The zero-order chi connectivity index (χ0) is 10.5. The molecular formula is C13H26N2. The van der Waals surface area contributed by atoms with Crippen molar-refractivity contribution in [1.82, 2.24) is 5.43 Å². The largest absolute Gasteiger partial charge is 0.271 e. The molecule has 0 saturated heterocycles. The molecule has 2 aliphatic rings. The summed E-state index contributed by atoms with van der Waals surface area (Å²) in [6.07, 6.45) is 14.2. The van der Waals surface area contributed by atoms with E-state index in [-0.39, 0.29) is 0 Å². The van der Waals surface area contributed by atoms with Crippen molar-refractivity contribution < 1.29 is 0 Å². The highest BCUT2D eigenvalue weighted by Gasteiger charge is 2.24. The number of hydrogen-bond acceptors (Lipinski definition) is 2. The Morgan fingerprint density at radius 1 is 0.867 bits per heavy atom. The number of rotatable bonds is 5. The third-order valence-corrected chi connectivity index (χ3v) is 4.42. The highest BCUT2D eigenvalue weighted by atomic mass is 15.2. The topological polar surface area (TPSA) is 38.0 Å². The van der Waals surface area contributed by atoms with E-state index >= 15 is 0 Å². The average Bonchev–Trinajstić information content (AvgIpc) is 2.23. The first-order chi connectivity index (χ1) is 7.38. The fourth-order valence-electron chi connectivity index (χ4n) is 3.19. The molecule has 2 rings (SSSR count). The van der Waals surface area contributed by atoms with Crippen LogP contribution in [0.2, 0.25) is 0 Å². The Morgan fingerprint density at radius 2 is 1.40 bits per heavy atom. The molecule has 0 aromatic rings. The molecule has 1 atom stereocenters. The van der Waals surface area contributed by atoms with Crippen LogP contribution in [0.4, 0.5) is 0 Å². The van der Waals surface area contributed by atoms with Crippen LogP contribution in [-0.4, -0.2) is 6.04 Å². The zero-order valence-corrected chi connectivity index (χ0v) is 9.88. The maximum absolute atomic E-state index is 5.67. The van der Waals surface area contributed by atoms with E-state index in [0.717, 1.165) is 11.8 Å². The van der Waals surface area contributed by atoms with Gasteiger partial charge in [-0.1, -0.05) is 51.4 Å². The minimum Gasteiger partial charge on any atom is -0.271 e. The maximum Gasteiger partial charge on any atom is 0.0215 e. The number of hydrogen-bond donors (Lipinski definition) is 2. The van der Waals surface area contributed by atoms with Crippen molar-refractivity contribution in [2.75, 3.05) is 0 Å². The summed E-state index contributed by atoms with van der Waals surface area (Å²) in [5.74, 6) is 7.61. The van der Waals surface area contributed by atoms with Crippen molar-refractivity contribution in [3.63, 3.8) is 0 Å². The van der Waals surface area contributed by atoms with Gasteiger partial charge in [-0.25, -0.2) is 0 Å². The molecule has 1 unspecified atom stereocenters. The van der Waals surface area contributed by atoms with Crippen molar-refractivity contribution in [2.45, 2.75) is 70.3 Å². The second-order valence-electron chi connectivity index (χ2n) is 5.64. The molecule has 3 N–H and O–H groups in total. The summed E-state index contributed by atoms with van der Waals surface area (Å²) < 4.78 is 0. The molecular weight excluding hydrogens is 184 g/mol. The Hall–Kier alpha value is -0.0800. The van der Waals surface area contributed by atoms with Gasteiger partial charge in [0.1, 0.15) is 0 Å². The van der Waals surface area contributed by atoms with Gasteiger partial charge < -0.3 is 0 Å². The summed E-state index contributed by atoms with van der Waals surface area (Å²) >= 11 is 0. The van der Waals surface area contributed by atoms with Crippen LogP contribution in [0.15, 0.2) is 0 Å². The van der Waals surface area contributed by atoms with Crippen molar-refractivity contribution in [3.8, 4) is 0 Å². The van der Waals surface area contributed by atoms with Crippen molar-refractivity contribution in [1.29, 1.82) is 0 Å². The fourth-order valence-corrected chi connectivity index (χ4v) is 3.19. The summed E-state index contributed by atoms with van der Waals surface area (Å²) in [6, 6.07) is 0.596. The van der Waals surface area contributed by atoms with E-state index in [1.165, 1.54) is 64.2 Å². The highest BCUT2D eigenvalue weighted by molar-refractivity contribution is 4.79. The van der Waals surface area contributed by atoms with Crippen LogP contribution in [0.25, 0.3) is 0 Å². The van der Waals surface area contributed by atoms with Gasteiger partial charge in [-0.05, 0) is 24.7 Å². The first-order valence-corrected chi connectivity index (χ1v) is 6.84. The lowest BCUT2D eigenvalue weighted by atomic mass is 9.77. The van der Waals surface area contributed by atoms with Gasteiger partial charge in [0.15, 0.2) is 0 Å². The SMILES string of the molecule is NNC(CC1CCCCC1)CC1CCC1. The third-order valence-electron chi connectivity index (χ3n) is 4.42. The van der Waals surface area contributed by atoms with Gasteiger partial charge in [0.25, 0.3) is 0 Å². The first-order valence-electron chi connectivity index (χ1n) is 6.84. The summed E-state index contributed by atoms with van der Waals surface area (Å²) in [7, 11) is 0. The quantitative estimate of drug-likeness (QED) is 0.541. The van der Waals surface area contributed by atoms with Crippen LogP contribution in [0, 0.1) is 11.8 Å². The lowest BCUT2D eigenvalue weighted by Gasteiger charge is -2.32. The first kappa shape index (κ1) is 11.4. The van der Waals surface area contributed by atoms with E-state index in [9.17, 15) is 0 Å². The maximum atomic E-state index is 5.67. The van der Waals surface area contributed by atoms with Gasteiger partial charge in [0, 0.05) is 6.04 Å². The molecule has 2 nitrogen and oxygen atoms in total. The average molecular weight is 210 g/mol. The van der Waals surface area contributed by atoms with Crippen molar-refractivity contribution in [3.05, 3.63) is 0 Å². The van der Waals surface area contributed by atoms with Crippen LogP contribution < -0.4 is 11.3 Å². The van der Waals surface area contributed by atoms with E-state index in [2.05, 4.69) is 5.43 Å². The lowest BCUT2D eigenvalue weighted by Crippen LogP contribution is -2.39. The minimum absolute atomic E-state index is 0.596. The van der Waals surface area contributed by atoms with Crippen LogP contribution in [0.1, 0.15) is 64.2 Å². The number of nitrogens with two attached hydrogens (primary N) is 1.